The molecule has 0 unspecified atom stereocenters. The molecule has 3 heterocycles. The second-order valence-electron chi connectivity index (χ2n) is 8.52. The van der Waals surface area contributed by atoms with Crippen LogP contribution in [0.15, 0.2) is 70.2 Å². The second kappa shape index (κ2) is 10.4. The Morgan fingerprint density at radius 2 is 1.89 bits per heavy atom. The number of piperidine rings is 1. The molecule has 0 N–H and O–H groups in total. The first kappa shape index (κ1) is 24.5. The van der Waals surface area contributed by atoms with E-state index in [0.717, 1.165) is 35.2 Å². The Balaban J connectivity index is 1.45. The number of hydrogen-bond donors (Lipinski definition) is 0. The van der Waals surface area contributed by atoms with Crippen molar-refractivity contribution in [3.63, 3.8) is 0 Å². The van der Waals surface area contributed by atoms with Crippen LogP contribution in [0.5, 0.6) is 5.75 Å². The summed E-state index contributed by atoms with van der Waals surface area (Å²) in [5, 5.41) is 0.519. The Kier molecular flexibility index (Phi) is 7.08. The van der Waals surface area contributed by atoms with Crippen LogP contribution >= 0.6 is 11.3 Å². The van der Waals surface area contributed by atoms with Gasteiger partial charge in [0.25, 0.3) is 5.91 Å². The van der Waals surface area contributed by atoms with Gasteiger partial charge in [0, 0.05) is 18.7 Å². The minimum atomic E-state index is -3.57. The average molecular weight is 526 g/mol. The lowest BCUT2D eigenvalue weighted by molar-refractivity contribution is 0.0983. The van der Waals surface area contributed by atoms with Crippen molar-refractivity contribution in [2.24, 2.45) is 0 Å². The molecule has 36 heavy (non-hydrogen) atoms. The van der Waals surface area contributed by atoms with E-state index in [1.807, 2.05) is 25.1 Å². The molecule has 0 saturated carbocycles. The molecule has 1 fully saturated rings. The highest BCUT2D eigenvalue weighted by molar-refractivity contribution is 7.89. The minimum Gasteiger partial charge on any atom is -0.494 e. The zero-order valence-corrected chi connectivity index (χ0v) is 21.6. The van der Waals surface area contributed by atoms with Gasteiger partial charge in [0.2, 0.25) is 10.0 Å². The van der Waals surface area contributed by atoms with Crippen molar-refractivity contribution in [3.8, 4) is 5.75 Å². The number of sulfonamides is 1. The number of amides is 1. The maximum atomic E-state index is 13.6. The Labute approximate surface area is 214 Å². The highest BCUT2D eigenvalue weighted by Gasteiger charge is 2.27. The third-order valence-corrected chi connectivity index (χ3v) is 9.04. The number of ether oxygens (including phenoxy) is 1. The van der Waals surface area contributed by atoms with Crippen LogP contribution in [0.4, 0.5) is 5.13 Å². The van der Waals surface area contributed by atoms with Crippen molar-refractivity contribution in [1.29, 1.82) is 0 Å². The van der Waals surface area contributed by atoms with Gasteiger partial charge in [-0.2, -0.15) is 4.31 Å². The van der Waals surface area contributed by atoms with E-state index in [1.54, 1.807) is 35.4 Å². The van der Waals surface area contributed by atoms with Gasteiger partial charge in [0.05, 0.1) is 34.5 Å². The fourth-order valence-corrected chi connectivity index (χ4v) is 6.74. The first-order valence-corrected chi connectivity index (χ1v) is 14.2. The largest absolute Gasteiger partial charge is 0.494 e. The normalized spacial score (nSPS) is 14.7. The molecule has 0 atom stereocenters. The van der Waals surface area contributed by atoms with E-state index < -0.39 is 10.0 Å². The monoisotopic (exact) mass is 525 g/mol. The van der Waals surface area contributed by atoms with Gasteiger partial charge in [-0.05, 0) is 74.4 Å². The van der Waals surface area contributed by atoms with Crippen LogP contribution in [0.2, 0.25) is 0 Å². The number of carbonyl (C=O) groups excluding carboxylic acids is 1. The van der Waals surface area contributed by atoms with Crippen molar-refractivity contribution in [2.45, 2.75) is 37.6 Å². The highest BCUT2D eigenvalue weighted by atomic mass is 32.2. The number of carbonyl (C=O) groups is 1. The molecule has 0 bridgehead atoms. The van der Waals surface area contributed by atoms with Gasteiger partial charge in [0.1, 0.15) is 11.5 Å². The molecule has 8 nitrogen and oxygen atoms in total. The predicted molar refractivity (Wildman–Crippen MR) is 139 cm³/mol. The lowest BCUT2D eigenvalue weighted by atomic mass is 10.2. The molecule has 188 valence electrons. The summed E-state index contributed by atoms with van der Waals surface area (Å²) in [6.45, 7) is 3.74. The Morgan fingerprint density at radius 1 is 1.11 bits per heavy atom. The molecule has 0 radical (unpaired) electrons. The molecule has 1 aliphatic heterocycles. The third kappa shape index (κ3) is 5.02. The summed E-state index contributed by atoms with van der Waals surface area (Å²) in [4.78, 5) is 20.1. The number of fused-ring (bicyclic) bond motifs is 1. The fraction of sp³-hybridized carbons (Fsp3) is 0.308. The summed E-state index contributed by atoms with van der Waals surface area (Å²) in [7, 11) is -3.57. The molecule has 0 spiro atoms. The molecular weight excluding hydrogens is 498 g/mol. The topological polar surface area (TPSA) is 93.0 Å². The van der Waals surface area contributed by atoms with Gasteiger partial charge >= 0.3 is 0 Å². The molecule has 1 aliphatic rings. The summed E-state index contributed by atoms with van der Waals surface area (Å²) in [5.74, 6) is 1.06. The zero-order valence-electron chi connectivity index (χ0n) is 19.9. The smallest absolute Gasteiger partial charge is 0.260 e. The number of benzene rings is 2. The minimum absolute atomic E-state index is 0.192. The first-order chi connectivity index (χ1) is 17.5. The molecule has 10 heteroatoms. The molecule has 0 aliphatic carbocycles. The SMILES string of the molecule is CCOc1ccc2nc(N(Cc3ccco3)C(=O)c3ccc(S(=O)(=O)N4CCCCC4)cc3)sc2c1. The molecular formula is C26H27N3O5S2. The standard InChI is InChI=1S/C26H27N3O5S2/c1-2-33-20-10-13-23-24(17-20)35-26(27-23)29(18-21-7-6-16-34-21)25(30)19-8-11-22(12-9-19)36(31,32)28-14-4-3-5-15-28/h6-13,16-17H,2-5,14-15,18H2,1H3. The second-order valence-corrected chi connectivity index (χ2v) is 11.5. The number of nitrogens with zero attached hydrogens (tertiary/aromatic N) is 3. The Bertz CT molecular complexity index is 1440. The van der Waals surface area contributed by atoms with Gasteiger partial charge in [0.15, 0.2) is 5.13 Å². The first-order valence-electron chi connectivity index (χ1n) is 11.9. The van der Waals surface area contributed by atoms with Gasteiger partial charge in [-0.1, -0.05) is 17.8 Å². The van der Waals surface area contributed by atoms with Gasteiger partial charge in [-0.15, -0.1) is 0 Å². The highest BCUT2D eigenvalue weighted by Crippen LogP contribution is 2.33. The molecule has 2 aromatic carbocycles. The van der Waals surface area contributed by atoms with Gasteiger partial charge in [-0.25, -0.2) is 13.4 Å². The predicted octanol–water partition coefficient (Wildman–Crippen LogP) is 5.31. The summed E-state index contributed by atoms with van der Waals surface area (Å²) >= 11 is 1.39. The third-order valence-electron chi connectivity index (χ3n) is 6.08. The average Bonchev–Trinajstić information content (AvgIpc) is 3.57. The number of aromatic nitrogens is 1. The summed E-state index contributed by atoms with van der Waals surface area (Å²) in [6, 6.07) is 15.4. The van der Waals surface area contributed by atoms with E-state index in [-0.39, 0.29) is 17.3 Å². The lowest BCUT2D eigenvalue weighted by Gasteiger charge is -2.26. The number of thiazole rings is 1. The van der Waals surface area contributed by atoms with Crippen molar-refractivity contribution >= 4 is 42.6 Å². The van der Waals surface area contributed by atoms with Crippen LogP contribution in [0.3, 0.4) is 0 Å². The maximum absolute atomic E-state index is 13.6. The van der Waals surface area contributed by atoms with Crippen molar-refractivity contribution in [1.82, 2.24) is 9.29 Å². The van der Waals surface area contributed by atoms with Crippen LogP contribution in [-0.2, 0) is 16.6 Å². The van der Waals surface area contributed by atoms with Gasteiger partial charge < -0.3 is 9.15 Å². The lowest BCUT2D eigenvalue weighted by Crippen LogP contribution is -2.35. The molecule has 1 saturated heterocycles. The van der Waals surface area contributed by atoms with E-state index in [1.165, 1.54) is 27.8 Å². The van der Waals surface area contributed by atoms with Crippen LogP contribution in [0.1, 0.15) is 42.3 Å². The quantitative estimate of drug-likeness (QED) is 0.310. The van der Waals surface area contributed by atoms with E-state index in [2.05, 4.69) is 4.98 Å². The van der Waals surface area contributed by atoms with Crippen LogP contribution in [0.25, 0.3) is 10.2 Å². The molecule has 4 aromatic rings. The molecule has 1 amide bonds. The maximum Gasteiger partial charge on any atom is 0.260 e. The van der Waals surface area contributed by atoms with E-state index in [0.29, 0.717) is 36.2 Å². The fourth-order valence-electron chi connectivity index (χ4n) is 4.23. The van der Waals surface area contributed by atoms with Crippen molar-refractivity contribution in [3.05, 3.63) is 72.2 Å². The van der Waals surface area contributed by atoms with Crippen LogP contribution in [0, 0.1) is 0 Å². The molecule has 5 rings (SSSR count). The zero-order chi connectivity index (χ0) is 25.1. The van der Waals surface area contributed by atoms with Crippen molar-refractivity contribution < 1.29 is 22.4 Å². The van der Waals surface area contributed by atoms with E-state index in [9.17, 15) is 13.2 Å². The number of furan rings is 1. The van der Waals surface area contributed by atoms with Crippen LogP contribution in [-0.4, -0.2) is 43.3 Å². The Hall–Kier alpha value is -3.21. The summed E-state index contributed by atoms with van der Waals surface area (Å²) in [6.07, 6.45) is 4.34. The Morgan fingerprint density at radius 3 is 2.58 bits per heavy atom. The van der Waals surface area contributed by atoms with E-state index in [4.69, 9.17) is 9.15 Å². The summed E-state index contributed by atoms with van der Waals surface area (Å²) < 4.78 is 39.5. The van der Waals surface area contributed by atoms with Crippen molar-refractivity contribution in [2.75, 3.05) is 24.6 Å². The van der Waals surface area contributed by atoms with Gasteiger partial charge in [-0.3, -0.25) is 9.69 Å². The van der Waals surface area contributed by atoms with E-state index >= 15 is 0 Å². The number of anilines is 1. The number of rotatable bonds is 8. The number of hydrogen-bond acceptors (Lipinski definition) is 7. The summed E-state index contributed by atoms with van der Waals surface area (Å²) in [5.41, 5.74) is 1.13. The molecule has 2 aromatic heterocycles. The van der Waals surface area contributed by atoms with Crippen LogP contribution < -0.4 is 9.64 Å².